The number of hydrogen-bond acceptors (Lipinski definition) is 6. The highest BCUT2D eigenvalue weighted by Gasteiger charge is 2.19. The van der Waals surface area contributed by atoms with E-state index in [2.05, 4.69) is 27.1 Å². The topological polar surface area (TPSA) is 121 Å². The van der Waals surface area contributed by atoms with E-state index in [0.717, 1.165) is 11.4 Å². The van der Waals surface area contributed by atoms with Crippen LogP contribution in [0.25, 0.3) is 5.52 Å². The maximum Gasteiger partial charge on any atom is 0.253 e. The van der Waals surface area contributed by atoms with Gasteiger partial charge in [-0.15, -0.1) is 0 Å². The van der Waals surface area contributed by atoms with Crippen LogP contribution in [0, 0.1) is 18.3 Å². The Labute approximate surface area is 202 Å². The molecule has 0 atom stereocenters. The van der Waals surface area contributed by atoms with E-state index in [0.29, 0.717) is 46.7 Å². The molecule has 0 saturated heterocycles. The Balaban J connectivity index is 1.58. The van der Waals surface area contributed by atoms with Gasteiger partial charge in [0.25, 0.3) is 5.91 Å². The smallest absolute Gasteiger partial charge is 0.253 e. The Bertz CT molecular complexity index is 1410. The van der Waals surface area contributed by atoms with Gasteiger partial charge in [0.15, 0.2) is 0 Å². The Morgan fingerprint density at radius 3 is 2.40 bits per heavy atom. The summed E-state index contributed by atoms with van der Waals surface area (Å²) in [4.78, 5) is 23.7. The molecule has 0 aliphatic carbocycles. The van der Waals surface area contributed by atoms with E-state index in [4.69, 9.17) is 4.74 Å². The van der Waals surface area contributed by atoms with Crippen molar-refractivity contribution in [1.29, 1.82) is 5.26 Å². The average Bonchev–Trinajstić information content (AvgIpc) is 3.20. The van der Waals surface area contributed by atoms with Crippen molar-refractivity contribution in [2.45, 2.75) is 13.8 Å². The molecule has 0 radical (unpaired) electrons. The highest BCUT2D eigenvalue weighted by Crippen LogP contribution is 2.31. The molecular weight excluding hydrogens is 444 g/mol. The number of hydrogen-bond donors (Lipinski definition) is 3. The van der Waals surface area contributed by atoms with Crippen LogP contribution in [0.4, 0.5) is 11.4 Å². The SMILES string of the molecule is CC(=O)NCCNC(=O)c1cn2ncc(C#N)c(Nc3ccc(Oc4ccccc4)cc3)c2c1C. The first kappa shape index (κ1) is 23.3. The molecule has 0 spiro atoms. The van der Waals surface area contributed by atoms with Crippen molar-refractivity contribution in [1.82, 2.24) is 20.2 Å². The zero-order valence-electron chi connectivity index (χ0n) is 19.3. The molecule has 0 fully saturated rings. The molecule has 9 heteroatoms. The molecule has 2 amide bonds. The minimum absolute atomic E-state index is 0.159. The number of aryl methyl sites for hydroxylation is 1. The molecule has 35 heavy (non-hydrogen) atoms. The summed E-state index contributed by atoms with van der Waals surface area (Å²) in [5.41, 5.74) is 3.38. The standard InChI is InChI=1S/C26H24N6O3/c1-17-23(26(34)29-13-12-28-18(2)33)16-32-25(17)24(19(14-27)15-30-32)31-20-8-10-22(11-9-20)35-21-6-4-3-5-7-21/h3-11,15-16,31H,12-13H2,1-2H3,(H,28,33)(H,29,34). The van der Waals surface area contributed by atoms with Crippen LogP contribution < -0.4 is 20.7 Å². The number of ether oxygens (including phenoxy) is 1. The second kappa shape index (κ2) is 10.4. The Morgan fingerprint density at radius 2 is 1.71 bits per heavy atom. The molecule has 176 valence electrons. The summed E-state index contributed by atoms with van der Waals surface area (Å²) in [6.45, 7) is 3.86. The summed E-state index contributed by atoms with van der Waals surface area (Å²) in [6, 6.07) is 19.0. The molecule has 2 heterocycles. The number of fused-ring (bicyclic) bond motifs is 1. The number of carbonyl (C=O) groups excluding carboxylic acids is 2. The molecule has 0 aliphatic heterocycles. The van der Waals surface area contributed by atoms with Gasteiger partial charge in [0.1, 0.15) is 17.6 Å². The van der Waals surface area contributed by atoms with Crippen LogP contribution >= 0.6 is 0 Å². The van der Waals surface area contributed by atoms with Gasteiger partial charge in [0.2, 0.25) is 5.91 Å². The molecule has 4 aromatic rings. The van der Waals surface area contributed by atoms with Gasteiger partial charge in [0, 0.05) is 31.9 Å². The first-order chi connectivity index (χ1) is 17.0. The average molecular weight is 469 g/mol. The number of rotatable bonds is 8. The third-order valence-electron chi connectivity index (χ3n) is 5.31. The van der Waals surface area contributed by atoms with Gasteiger partial charge >= 0.3 is 0 Å². The fourth-order valence-electron chi connectivity index (χ4n) is 3.61. The third kappa shape index (κ3) is 5.39. The van der Waals surface area contributed by atoms with E-state index in [1.807, 2.05) is 61.5 Å². The lowest BCUT2D eigenvalue weighted by atomic mass is 10.1. The van der Waals surface area contributed by atoms with Crippen LogP contribution in [0.3, 0.4) is 0 Å². The first-order valence-corrected chi connectivity index (χ1v) is 11.0. The molecule has 4 rings (SSSR count). The van der Waals surface area contributed by atoms with Crippen molar-refractivity contribution in [3.8, 4) is 17.6 Å². The number of nitriles is 1. The van der Waals surface area contributed by atoms with Crippen molar-refractivity contribution in [3.05, 3.63) is 83.7 Å². The molecule has 3 N–H and O–H groups in total. The number of benzene rings is 2. The van der Waals surface area contributed by atoms with Crippen LogP contribution in [0.1, 0.15) is 28.4 Å². The Morgan fingerprint density at radius 1 is 1.03 bits per heavy atom. The highest BCUT2D eigenvalue weighted by atomic mass is 16.5. The summed E-state index contributed by atoms with van der Waals surface area (Å²) >= 11 is 0. The number of amides is 2. The molecule has 9 nitrogen and oxygen atoms in total. The summed E-state index contributed by atoms with van der Waals surface area (Å²) in [6.07, 6.45) is 3.08. The minimum Gasteiger partial charge on any atom is -0.457 e. The van der Waals surface area contributed by atoms with E-state index in [1.165, 1.54) is 13.1 Å². The molecule has 0 saturated carbocycles. The summed E-state index contributed by atoms with van der Waals surface area (Å²) < 4.78 is 7.42. The van der Waals surface area contributed by atoms with E-state index in [1.54, 1.807) is 10.7 Å². The number of nitrogens with zero attached hydrogens (tertiary/aromatic N) is 3. The predicted octanol–water partition coefficient (Wildman–Crippen LogP) is 3.92. The van der Waals surface area contributed by atoms with E-state index in [-0.39, 0.29) is 11.8 Å². The van der Waals surface area contributed by atoms with Crippen LogP contribution in [-0.2, 0) is 4.79 Å². The first-order valence-electron chi connectivity index (χ1n) is 11.0. The van der Waals surface area contributed by atoms with E-state index >= 15 is 0 Å². The quantitative estimate of drug-likeness (QED) is 0.337. The van der Waals surface area contributed by atoms with Crippen molar-refractivity contribution in [2.75, 3.05) is 18.4 Å². The van der Waals surface area contributed by atoms with E-state index in [9.17, 15) is 14.9 Å². The van der Waals surface area contributed by atoms with Gasteiger partial charge in [-0.2, -0.15) is 10.4 Å². The van der Waals surface area contributed by atoms with Gasteiger partial charge in [-0.25, -0.2) is 4.52 Å². The molecule has 2 aromatic heterocycles. The second-order valence-corrected chi connectivity index (χ2v) is 7.81. The third-order valence-corrected chi connectivity index (χ3v) is 5.31. The van der Waals surface area contributed by atoms with Crippen LogP contribution in [0.5, 0.6) is 11.5 Å². The maximum atomic E-state index is 12.7. The lowest BCUT2D eigenvalue weighted by Gasteiger charge is -2.12. The van der Waals surface area contributed by atoms with Crippen molar-refractivity contribution >= 4 is 28.7 Å². The summed E-state index contributed by atoms with van der Waals surface area (Å²) in [5, 5.41) is 22.7. The van der Waals surface area contributed by atoms with Crippen molar-refractivity contribution in [3.63, 3.8) is 0 Å². The zero-order valence-corrected chi connectivity index (χ0v) is 19.3. The molecular formula is C26H24N6O3. The van der Waals surface area contributed by atoms with Crippen molar-refractivity contribution in [2.24, 2.45) is 0 Å². The molecule has 0 aliphatic rings. The van der Waals surface area contributed by atoms with Gasteiger partial charge in [-0.3, -0.25) is 9.59 Å². The largest absolute Gasteiger partial charge is 0.457 e. The zero-order chi connectivity index (χ0) is 24.8. The lowest BCUT2D eigenvalue weighted by Crippen LogP contribution is -2.33. The van der Waals surface area contributed by atoms with Crippen molar-refractivity contribution < 1.29 is 14.3 Å². The van der Waals surface area contributed by atoms with Crippen LogP contribution in [-0.4, -0.2) is 34.5 Å². The van der Waals surface area contributed by atoms with Crippen LogP contribution in [0.2, 0.25) is 0 Å². The fourth-order valence-corrected chi connectivity index (χ4v) is 3.61. The number of aromatic nitrogens is 2. The van der Waals surface area contributed by atoms with Crippen LogP contribution in [0.15, 0.2) is 67.0 Å². The normalized spacial score (nSPS) is 10.4. The summed E-state index contributed by atoms with van der Waals surface area (Å²) in [5.74, 6) is 0.973. The number of nitrogens with one attached hydrogen (secondary N) is 3. The predicted molar refractivity (Wildman–Crippen MR) is 132 cm³/mol. The van der Waals surface area contributed by atoms with Gasteiger partial charge in [-0.05, 0) is 48.9 Å². The number of carbonyl (C=O) groups is 2. The number of para-hydroxylation sites is 1. The number of anilines is 2. The Kier molecular flexibility index (Phi) is 6.93. The second-order valence-electron chi connectivity index (χ2n) is 7.81. The Hall–Kier alpha value is -4.84. The van der Waals surface area contributed by atoms with Gasteiger partial charge < -0.3 is 20.7 Å². The minimum atomic E-state index is -0.287. The molecule has 0 unspecified atom stereocenters. The van der Waals surface area contributed by atoms with Gasteiger partial charge in [0.05, 0.1) is 28.5 Å². The molecule has 2 aromatic carbocycles. The van der Waals surface area contributed by atoms with E-state index < -0.39 is 0 Å². The summed E-state index contributed by atoms with van der Waals surface area (Å²) in [7, 11) is 0. The highest BCUT2D eigenvalue weighted by molar-refractivity contribution is 6.00. The fraction of sp³-hybridized carbons (Fsp3) is 0.154. The monoisotopic (exact) mass is 468 g/mol. The molecule has 0 bridgehead atoms. The maximum absolute atomic E-state index is 12.7. The lowest BCUT2D eigenvalue weighted by molar-refractivity contribution is -0.118. The van der Waals surface area contributed by atoms with Gasteiger partial charge in [-0.1, -0.05) is 18.2 Å².